The number of aryl methyl sites for hydroxylation is 1. The molecule has 3 heteroatoms. The van der Waals surface area contributed by atoms with Gasteiger partial charge in [-0.2, -0.15) is 11.8 Å². The standard InChI is InChI=1S/C16H18O2S/c1-11-3-2-4-13-10-15(18-16(11)13)14(17)9-12-5-7-19-8-6-12/h2-4,10,12H,5-9H2,1H3. The average Bonchev–Trinajstić information content (AvgIpc) is 2.85. The molecule has 100 valence electrons. The fourth-order valence-electron chi connectivity index (χ4n) is 2.66. The van der Waals surface area contributed by atoms with Crippen LogP contribution in [0.3, 0.4) is 0 Å². The van der Waals surface area contributed by atoms with E-state index in [-0.39, 0.29) is 5.78 Å². The van der Waals surface area contributed by atoms with Crippen molar-refractivity contribution < 1.29 is 9.21 Å². The van der Waals surface area contributed by atoms with E-state index in [1.807, 2.05) is 43.0 Å². The van der Waals surface area contributed by atoms with Crippen molar-refractivity contribution in [1.82, 2.24) is 0 Å². The molecule has 19 heavy (non-hydrogen) atoms. The van der Waals surface area contributed by atoms with Gasteiger partial charge in [-0.25, -0.2) is 0 Å². The van der Waals surface area contributed by atoms with Crippen molar-refractivity contribution in [2.75, 3.05) is 11.5 Å². The largest absolute Gasteiger partial charge is 0.453 e. The maximum Gasteiger partial charge on any atom is 0.198 e. The van der Waals surface area contributed by atoms with Crippen LogP contribution in [0.15, 0.2) is 28.7 Å². The first-order valence-electron chi connectivity index (χ1n) is 6.84. The Bertz CT molecular complexity index is 594. The van der Waals surface area contributed by atoms with E-state index in [0.717, 1.165) is 29.4 Å². The first-order valence-corrected chi connectivity index (χ1v) is 7.99. The van der Waals surface area contributed by atoms with Gasteiger partial charge in [0, 0.05) is 11.8 Å². The zero-order valence-electron chi connectivity index (χ0n) is 11.1. The zero-order valence-corrected chi connectivity index (χ0v) is 12.0. The van der Waals surface area contributed by atoms with Gasteiger partial charge in [0.05, 0.1) is 0 Å². The highest BCUT2D eigenvalue weighted by Gasteiger charge is 2.20. The summed E-state index contributed by atoms with van der Waals surface area (Å²) in [6, 6.07) is 7.90. The molecular formula is C16H18O2S. The lowest BCUT2D eigenvalue weighted by atomic mass is 9.95. The summed E-state index contributed by atoms with van der Waals surface area (Å²) in [5.74, 6) is 3.62. The number of thioether (sulfide) groups is 1. The third kappa shape index (κ3) is 2.71. The Kier molecular flexibility index (Phi) is 3.65. The number of ketones is 1. The van der Waals surface area contributed by atoms with Gasteiger partial charge in [-0.1, -0.05) is 18.2 Å². The lowest BCUT2D eigenvalue weighted by molar-refractivity contribution is 0.0933. The van der Waals surface area contributed by atoms with Gasteiger partial charge in [-0.15, -0.1) is 0 Å². The first kappa shape index (κ1) is 12.8. The summed E-state index contributed by atoms with van der Waals surface area (Å²) in [7, 11) is 0. The molecule has 1 fully saturated rings. The quantitative estimate of drug-likeness (QED) is 0.774. The summed E-state index contributed by atoms with van der Waals surface area (Å²) in [5.41, 5.74) is 1.94. The molecule has 0 amide bonds. The molecule has 0 unspecified atom stereocenters. The van der Waals surface area contributed by atoms with E-state index in [0.29, 0.717) is 18.1 Å². The lowest BCUT2D eigenvalue weighted by Crippen LogP contribution is -2.14. The Balaban J connectivity index is 1.79. The van der Waals surface area contributed by atoms with Crippen molar-refractivity contribution in [3.05, 3.63) is 35.6 Å². The molecule has 1 aromatic heterocycles. The maximum atomic E-state index is 12.3. The normalized spacial score (nSPS) is 16.9. The molecule has 0 radical (unpaired) electrons. The van der Waals surface area contributed by atoms with Crippen LogP contribution in [0.5, 0.6) is 0 Å². The van der Waals surface area contributed by atoms with Crippen molar-refractivity contribution in [1.29, 1.82) is 0 Å². The Labute approximate surface area is 117 Å². The molecule has 2 heterocycles. The molecule has 0 aliphatic carbocycles. The summed E-state index contributed by atoms with van der Waals surface area (Å²) in [6.45, 7) is 2.01. The number of furan rings is 1. The number of benzene rings is 1. The van der Waals surface area contributed by atoms with Gasteiger partial charge in [-0.05, 0) is 48.8 Å². The average molecular weight is 274 g/mol. The van der Waals surface area contributed by atoms with E-state index in [1.54, 1.807) is 0 Å². The molecule has 2 aromatic rings. The number of carbonyl (C=O) groups is 1. The van der Waals surface area contributed by atoms with Gasteiger partial charge in [0.25, 0.3) is 0 Å². The predicted molar refractivity (Wildman–Crippen MR) is 79.9 cm³/mol. The minimum Gasteiger partial charge on any atom is -0.453 e. The Morgan fingerprint density at radius 3 is 2.89 bits per heavy atom. The highest BCUT2D eigenvalue weighted by Crippen LogP contribution is 2.28. The van der Waals surface area contributed by atoms with Gasteiger partial charge >= 0.3 is 0 Å². The van der Waals surface area contributed by atoms with E-state index in [1.165, 1.54) is 11.5 Å². The first-order chi connectivity index (χ1) is 9.24. The number of fused-ring (bicyclic) bond motifs is 1. The number of Topliss-reactive ketones (excluding diaryl/α,β-unsaturated/α-hetero) is 1. The van der Waals surface area contributed by atoms with Crippen LogP contribution < -0.4 is 0 Å². The van der Waals surface area contributed by atoms with Crippen molar-refractivity contribution >= 4 is 28.5 Å². The van der Waals surface area contributed by atoms with Crippen molar-refractivity contribution in [3.8, 4) is 0 Å². The number of para-hydroxylation sites is 1. The minimum atomic E-state index is 0.160. The van der Waals surface area contributed by atoms with E-state index in [2.05, 4.69) is 0 Å². The molecule has 0 spiro atoms. The number of rotatable bonds is 3. The molecule has 0 bridgehead atoms. The van der Waals surface area contributed by atoms with Crippen LogP contribution in [0.1, 0.15) is 35.4 Å². The van der Waals surface area contributed by atoms with Crippen LogP contribution in [-0.2, 0) is 0 Å². The van der Waals surface area contributed by atoms with Crippen LogP contribution in [-0.4, -0.2) is 17.3 Å². The Hall–Kier alpha value is -1.22. The van der Waals surface area contributed by atoms with Gasteiger partial charge in [0.15, 0.2) is 11.5 Å². The number of carbonyl (C=O) groups excluding carboxylic acids is 1. The summed E-state index contributed by atoms with van der Waals surface area (Å²) >= 11 is 1.99. The molecule has 1 aliphatic rings. The lowest BCUT2D eigenvalue weighted by Gasteiger charge is -2.19. The Morgan fingerprint density at radius 1 is 1.37 bits per heavy atom. The van der Waals surface area contributed by atoms with Crippen LogP contribution >= 0.6 is 11.8 Å². The molecule has 1 aromatic carbocycles. The molecule has 0 saturated carbocycles. The van der Waals surface area contributed by atoms with Crippen molar-refractivity contribution in [2.45, 2.75) is 26.2 Å². The van der Waals surface area contributed by atoms with Gasteiger partial charge < -0.3 is 4.42 Å². The molecule has 1 saturated heterocycles. The number of hydrogen-bond acceptors (Lipinski definition) is 3. The molecular weight excluding hydrogens is 256 g/mol. The van der Waals surface area contributed by atoms with E-state index < -0.39 is 0 Å². The van der Waals surface area contributed by atoms with Crippen LogP contribution in [0, 0.1) is 12.8 Å². The second-order valence-corrected chi connectivity index (χ2v) is 6.51. The summed E-state index contributed by atoms with van der Waals surface area (Å²) < 4.78 is 5.75. The van der Waals surface area contributed by atoms with E-state index in [4.69, 9.17) is 4.42 Å². The highest BCUT2D eigenvalue weighted by atomic mass is 32.2. The Morgan fingerprint density at radius 2 is 2.16 bits per heavy atom. The summed E-state index contributed by atoms with van der Waals surface area (Å²) in [5, 5.41) is 1.03. The SMILES string of the molecule is Cc1cccc2cc(C(=O)CC3CCSCC3)oc12. The van der Waals surface area contributed by atoms with Gasteiger partial charge in [-0.3, -0.25) is 4.79 Å². The van der Waals surface area contributed by atoms with Crippen molar-refractivity contribution in [3.63, 3.8) is 0 Å². The fourth-order valence-corrected chi connectivity index (χ4v) is 3.86. The second-order valence-electron chi connectivity index (χ2n) is 5.29. The van der Waals surface area contributed by atoms with Gasteiger partial charge in [0.2, 0.25) is 0 Å². The van der Waals surface area contributed by atoms with Crippen LogP contribution in [0.2, 0.25) is 0 Å². The van der Waals surface area contributed by atoms with Crippen molar-refractivity contribution in [2.24, 2.45) is 5.92 Å². The molecule has 0 atom stereocenters. The maximum absolute atomic E-state index is 12.3. The zero-order chi connectivity index (χ0) is 13.2. The van der Waals surface area contributed by atoms with E-state index >= 15 is 0 Å². The molecule has 1 aliphatic heterocycles. The summed E-state index contributed by atoms with van der Waals surface area (Å²) in [6.07, 6.45) is 2.96. The third-order valence-electron chi connectivity index (χ3n) is 3.83. The minimum absolute atomic E-state index is 0.160. The van der Waals surface area contributed by atoms with Gasteiger partial charge in [0.1, 0.15) is 5.58 Å². The highest BCUT2D eigenvalue weighted by molar-refractivity contribution is 7.99. The fraction of sp³-hybridized carbons (Fsp3) is 0.438. The molecule has 0 N–H and O–H groups in total. The second kappa shape index (κ2) is 5.41. The van der Waals surface area contributed by atoms with E-state index in [9.17, 15) is 4.79 Å². The smallest absolute Gasteiger partial charge is 0.198 e. The summed E-state index contributed by atoms with van der Waals surface area (Å²) in [4.78, 5) is 12.3. The third-order valence-corrected chi connectivity index (χ3v) is 4.88. The van der Waals surface area contributed by atoms with Crippen LogP contribution in [0.4, 0.5) is 0 Å². The molecule has 2 nitrogen and oxygen atoms in total. The predicted octanol–water partition coefficient (Wildman–Crippen LogP) is 4.46. The number of hydrogen-bond donors (Lipinski definition) is 0. The molecule has 3 rings (SSSR count). The topological polar surface area (TPSA) is 30.2 Å². The monoisotopic (exact) mass is 274 g/mol. The van der Waals surface area contributed by atoms with Crippen LogP contribution in [0.25, 0.3) is 11.0 Å².